The van der Waals surface area contributed by atoms with Crippen molar-refractivity contribution in [3.63, 3.8) is 0 Å². The van der Waals surface area contributed by atoms with Crippen molar-refractivity contribution in [1.82, 2.24) is 4.90 Å². The number of methoxy groups -OCH3 is 1. The summed E-state index contributed by atoms with van der Waals surface area (Å²) in [6.45, 7) is 4.52. The minimum absolute atomic E-state index is 0.0124. The fourth-order valence-corrected chi connectivity index (χ4v) is 3.51. The van der Waals surface area contributed by atoms with E-state index in [2.05, 4.69) is 24.4 Å². The first kappa shape index (κ1) is 14.4. The molecule has 3 rings (SSSR count). The van der Waals surface area contributed by atoms with Crippen LogP contribution in [-0.2, 0) is 9.53 Å². The summed E-state index contributed by atoms with van der Waals surface area (Å²) >= 11 is 0. The molecule has 1 saturated heterocycles. The fourth-order valence-electron chi connectivity index (χ4n) is 3.51. The Morgan fingerprint density at radius 1 is 1.43 bits per heavy atom. The van der Waals surface area contributed by atoms with Crippen LogP contribution in [0.1, 0.15) is 37.7 Å². The number of benzene rings is 1. The van der Waals surface area contributed by atoms with Crippen LogP contribution in [0.5, 0.6) is 0 Å². The van der Waals surface area contributed by atoms with Crippen LogP contribution < -0.4 is 5.32 Å². The highest BCUT2D eigenvalue weighted by atomic mass is 16.5. The maximum absolute atomic E-state index is 13.0. The summed E-state index contributed by atoms with van der Waals surface area (Å²) in [7, 11) is 1.74. The lowest BCUT2D eigenvalue weighted by molar-refractivity contribution is -0.141. The molecule has 0 bridgehead atoms. The molecule has 2 aliphatic heterocycles. The second kappa shape index (κ2) is 5.68. The lowest BCUT2D eigenvalue weighted by Gasteiger charge is -2.41. The van der Waals surface area contributed by atoms with Crippen LogP contribution in [0.2, 0.25) is 0 Å². The Morgan fingerprint density at radius 3 is 3.05 bits per heavy atom. The van der Waals surface area contributed by atoms with E-state index >= 15 is 0 Å². The Balaban J connectivity index is 1.80. The lowest BCUT2D eigenvalue weighted by atomic mass is 9.87. The van der Waals surface area contributed by atoms with Gasteiger partial charge in [0, 0.05) is 32.4 Å². The molecular weight excluding hydrogens is 264 g/mol. The van der Waals surface area contributed by atoms with Crippen LogP contribution in [-0.4, -0.2) is 43.2 Å². The molecule has 1 fully saturated rings. The second-order valence-corrected chi connectivity index (χ2v) is 6.37. The number of piperidine rings is 1. The number of amides is 1. The number of hydrogen-bond acceptors (Lipinski definition) is 3. The van der Waals surface area contributed by atoms with Gasteiger partial charge in [-0.2, -0.15) is 0 Å². The Morgan fingerprint density at radius 2 is 2.24 bits per heavy atom. The van der Waals surface area contributed by atoms with Gasteiger partial charge in [0.25, 0.3) is 0 Å². The lowest BCUT2D eigenvalue weighted by Crippen LogP contribution is -2.51. The molecule has 0 aliphatic carbocycles. The van der Waals surface area contributed by atoms with E-state index in [1.807, 2.05) is 17.0 Å². The fraction of sp³-hybridized carbons (Fsp3) is 0.588. The average Bonchev–Trinajstić information content (AvgIpc) is 2.54. The Hall–Kier alpha value is -1.55. The van der Waals surface area contributed by atoms with Crippen LogP contribution in [0.25, 0.3) is 0 Å². The van der Waals surface area contributed by atoms with Gasteiger partial charge in [-0.1, -0.05) is 18.2 Å². The predicted molar refractivity (Wildman–Crippen MR) is 83.5 cm³/mol. The summed E-state index contributed by atoms with van der Waals surface area (Å²) in [5, 5.41) is 3.38. The third-order valence-corrected chi connectivity index (χ3v) is 4.85. The van der Waals surface area contributed by atoms with Gasteiger partial charge >= 0.3 is 0 Å². The van der Waals surface area contributed by atoms with Crippen molar-refractivity contribution in [2.45, 2.75) is 37.7 Å². The quantitative estimate of drug-likeness (QED) is 0.909. The first-order valence-electron chi connectivity index (χ1n) is 7.80. The highest BCUT2D eigenvalue weighted by molar-refractivity contribution is 5.86. The molecule has 0 radical (unpaired) electrons. The molecule has 2 aliphatic rings. The van der Waals surface area contributed by atoms with Crippen molar-refractivity contribution in [2.24, 2.45) is 0 Å². The summed E-state index contributed by atoms with van der Waals surface area (Å²) < 4.78 is 5.61. The van der Waals surface area contributed by atoms with Crippen molar-refractivity contribution in [3.05, 3.63) is 29.8 Å². The topological polar surface area (TPSA) is 41.6 Å². The molecule has 0 spiro atoms. The van der Waals surface area contributed by atoms with E-state index in [-0.39, 0.29) is 17.4 Å². The van der Waals surface area contributed by atoms with Crippen LogP contribution in [0.4, 0.5) is 5.69 Å². The van der Waals surface area contributed by atoms with Crippen molar-refractivity contribution in [3.8, 4) is 0 Å². The van der Waals surface area contributed by atoms with Gasteiger partial charge < -0.3 is 15.0 Å². The minimum atomic E-state index is -0.194. The van der Waals surface area contributed by atoms with Crippen molar-refractivity contribution >= 4 is 11.6 Å². The van der Waals surface area contributed by atoms with E-state index in [0.717, 1.165) is 43.6 Å². The number of likely N-dealkylation sites (tertiary alicyclic amines) is 1. The molecule has 2 heterocycles. The van der Waals surface area contributed by atoms with E-state index in [4.69, 9.17) is 4.74 Å². The van der Waals surface area contributed by atoms with E-state index < -0.39 is 0 Å². The third-order valence-electron chi connectivity index (χ3n) is 4.85. The largest absolute Gasteiger partial charge is 0.385 e. The Labute approximate surface area is 126 Å². The molecule has 21 heavy (non-hydrogen) atoms. The standard InChI is InChI=1S/C17H24N2O2/c1-17(21-2)9-5-11-19(12-17)16(20)14-8-10-18-15-7-4-3-6-13(14)15/h3-4,6-7,14,18H,5,8-12H2,1-2H3. The van der Waals surface area contributed by atoms with Gasteiger partial charge in [0.05, 0.1) is 11.5 Å². The zero-order chi connectivity index (χ0) is 14.9. The SMILES string of the molecule is COC1(C)CCCN(C(=O)C2CCNc3ccccc32)C1. The van der Waals surface area contributed by atoms with Crippen LogP contribution in [0.15, 0.2) is 24.3 Å². The number of carbonyl (C=O) groups excluding carboxylic acids is 1. The van der Waals surface area contributed by atoms with E-state index in [1.165, 1.54) is 0 Å². The molecular formula is C17H24N2O2. The molecule has 0 saturated carbocycles. The maximum atomic E-state index is 13.0. The minimum Gasteiger partial charge on any atom is -0.385 e. The zero-order valence-corrected chi connectivity index (χ0v) is 12.9. The highest BCUT2D eigenvalue weighted by Gasteiger charge is 2.36. The number of nitrogens with one attached hydrogen (secondary N) is 1. The normalized spacial score (nSPS) is 28.7. The summed E-state index contributed by atoms with van der Waals surface area (Å²) in [5.74, 6) is 0.244. The molecule has 1 amide bonds. The number of para-hydroxylation sites is 1. The molecule has 2 atom stereocenters. The number of fused-ring (bicyclic) bond motifs is 1. The summed E-state index contributed by atoms with van der Waals surface area (Å²) in [5.41, 5.74) is 2.05. The Bertz CT molecular complexity index is 531. The van der Waals surface area contributed by atoms with E-state index in [9.17, 15) is 4.79 Å². The van der Waals surface area contributed by atoms with Gasteiger partial charge in [-0.3, -0.25) is 4.79 Å². The van der Waals surface area contributed by atoms with Gasteiger partial charge in [-0.05, 0) is 37.8 Å². The van der Waals surface area contributed by atoms with Crippen LogP contribution in [0.3, 0.4) is 0 Å². The van der Waals surface area contributed by atoms with Crippen LogP contribution in [0, 0.1) is 0 Å². The second-order valence-electron chi connectivity index (χ2n) is 6.37. The number of rotatable bonds is 2. The molecule has 0 aromatic heterocycles. The van der Waals surface area contributed by atoms with Crippen molar-refractivity contribution in [2.75, 3.05) is 32.1 Å². The van der Waals surface area contributed by atoms with Gasteiger partial charge in [-0.25, -0.2) is 0 Å². The molecule has 1 aromatic carbocycles. The highest BCUT2D eigenvalue weighted by Crippen LogP contribution is 2.34. The van der Waals surface area contributed by atoms with E-state index in [0.29, 0.717) is 6.54 Å². The van der Waals surface area contributed by atoms with Crippen molar-refractivity contribution in [1.29, 1.82) is 0 Å². The first-order chi connectivity index (χ1) is 10.1. The molecule has 114 valence electrons. The monoisotopic (exact) mass is 288 g/mol. The van der Waals surface area contributed by atoms with Gasteiger partial charge in [0.2, 0.25) is 5.91 Å². The van der Waals surface area contributed by atoms with Gasteiger partial charge in [0.1, 0.15) is 0 Å². The first-order valence-corrected chi connectivity index (χ1v) is 7.80. The predicted octanol–water partition coefficient (Wildman–Crippen LogP) is 2.61. The number of carbonyl (C=O) groups is 1. The molecule has 4 heteroatoms. The Kier molecular flexibility index (Phi) is 3.89. The summed E-state index contributed by atoms with van der Waals surface area (Å²) in [4.78, 5) is 15.0. The van der Waals surface area contributed by atoms with E-state index in [1.54, 1.807) is 7.11 Å². The summed E-state index contributed by atoms with van der Waals surface area (Å²) in [6.07, 6.45) is 2.91. The average molecular weight is 288 g/mol. The number of hydrogen-bond donors (Lipinski definition) is 1. The van der Waals surface area contributed by atoms with Gasteiger partial charge in [0.15, 0.2) is 0 Å². The van der Waals surface area contributed by atoms with Gasteiger partial charge in [-0.15, -0.1) is 0 Å². The molecule has 4 nitrogen and oxygen atoms in total. The number of anilines is 1. The van der Waals surface area contributed by atoms with Crippen molar-refractivity contribution < 1.29 is 9.53 Å². The molecule has 1 N–H and O–H groups in total. The maximum Gasteiger partial charge on any atom is 0.230 e. The van der Waals surface area contributed by atoms with Crippen LogP contribution >= 0.6 is 0 Å². The molecule has 2 unspecified atom stereocenters. The number of nitrogens with zero attached hydrogens (tertiary/aromatic N) is 1. The number of ether oxygens (including phenoxy) is 1. The smallest absolute Gasteiger partial charge is 0.230 e. The third kappa shape index (κ3) is 2.77. The zero-order valence-electron chi connectivity index (χ0n) is 12.9. The summed E-state index contributed by atoms with van der Waals surface area (Å²) in [6, 6.07) is 8.16. The molecule has 1 aromatic rings.